The van der Waals surface area contributed by atoms with Crippen molar-refractivity contribution in [2.45, 2.75) is 20.0 Å². The van der Waals surface area contributed by atoms with E-state index < -0.39 is 6.10 Å². The van der Waals surface area contributed by atoms with E-state index in [1.165, 1.54) is 0 Å². The summed E-state index contributed by atoms with van der Waals surface area (Å²) in [6.07, 6.45) is 2.81. The number of nitrogens with zero attached hydrogens (tertiary/aromatic N) is 2. The zero-order valence-corrected chi connectivity index (χ0v) is 6.07. The lowest BCUT2D eigenvalue weighted by molar-refractivity contribution is 0.189. The van der Waals surface area contributed by atoms with Crippen LogP contribution in [0.1, 0.15) is 24.4 Å². The van der Waals surface area contributed by atoms with Crippen LogP contribution in [0.25, 0.3) is 0 Å². The van der Waals surface area contributed by atoms with Gasteiger partial charge in [-0.3, -0.25) is 0 Å². The lowest BCUT2D eigenvalue weighted by Crippen LogP contribution is -1.98. The summed E-state index contributed by atoms with van der Waals surface area (Å²) in [5.41, 5.74) is 1.00. The molecule has 3 nitrogen and oxygen atoms in total. The third-order valence-electron chi connectivity index (χ3n) is 1.17. The van der Waals surface area contributed by atoms with E-state index in [1.54, 1.807) is 19.3 Å². The van der Waals surface area contributed by atoms with Gasteiger partial charge >= 0.3 is 0 Å². The van der Waals surface area contributed by atoms with Crippen LogP contribution in [0.3, 0.4) is 0 Å². The summed E-state index contributed by atoms with van der Waals surface area (Å²) >= 11 is 0. The third kappa shape index (κ3) is 1.51. The molecule has 0 saturated heterocycles. The molecule has 0 radical (unpaired) electrons. The average molecular weight is 138 g/mol. The minimum absolute atomic E-state index is 0.477. The quantitative estimate of drug-likeness (QED) is 0.625. The van der Waals surface area contributed by atoms with Crippen LogP contribution in [-0.2, 0) is 0 Å². The monoisotopic (exact) mass is 138 g/mol. The summed E-state index contributed by atoms with van der Waals surface area (Å²) in [5.74, 6) is 0.477. The van der Waals surface area contributed by atoms with Gasteiger partial charge in [-0.2, -0.15) is 0 Å². The van der Waals surface area contributed by atoms with Gasteiger partial charge < -0.3 is 5.11 Å². The SMILES string of the molecule is Cc1cnc([C@@H](C)O)nc1. The normalized spacial score (nSPS) is 13.1. The molecule has 10 heavy (non-hydrogen) atoms. The standard InChI is InChI=1S/C7H10N2O/c1-5-3-8-7(6(2)10)9-4-5/h3-4,6,10H,1-2H3/t6-/m1/s1. The Hall–Kier alpha value is -0.960. The van der Waals surface area contributed by atoms with E-state index in [4.69, 9.17) is 5.11 Å². The van der Waals surface area contributed by atoms with E-state index in [-0.39, 0.29) is 0 Å². The second kappa shape index (κ2) is 2.75. The van der Waals surface area contributed by atoms with Gasteiger partial charge in [0.1, 0.15) is 6.10 Å². The van der Waals surface area contributed by atoms with Crippen molar-refractivity contribution in [3.05, 3.63) is 23.8 Å². The lowest BCUT2D eigenvalue weighted by atomic mass is 10.3. The lowest BCUT2D eigenvalue weighted by Gasteiger charge is -2.00. The van der Waals surface area contributed by atoms with Crippen molar-refractivity contribution in [3.8, 4) is 0 Å². The number of hydrogen-bond donors (Lipinski definition) is 1. The summed E-state index contributed by atoms with van der Waals surface area (Å²) in [6.45, 7) is 3.55. The highest BCUT2D eigenvalue weighted by Crippen LogP contribution is 2.03. The first kappa shape index (κ1) is 7.15. The number of aliphatic hydroxyl groups excluding tert-OH is 1. The first-order chi connectivity index (χ1) is 4.70. The number of aryl methyl sites for hydroxylation is 1. The van der Waals surface area contributed by atoms with Crippen molar-refractivity contribution in [3.63, 3.8) is 0 Å². The number of rotatable bonds is 1. The second-order valence-corrected chi connectivity index (χ2v) is 2.29. The van der Waals surface area contributed by atoms with Gasteiger partial charge in [0.2, 0.25) is 0 Å². The predicted octanol–water partition coefficient (Wildman–Crippen LogP) is 0.838. The fourth-order valence-corrected chi connectivity index (χ4v) is 0.618. The van der Waals surface area contributed by atoms with Gasteiger partial charge in [-0.15, -0.1) is 0 Å². The van der Waals surface area contributed by atoms with Gasteiger partial charge in [0, 0.05) is 12.4 Å². The summed E-state index contributed by atoms with van der Waals surface area (Å²) in [6, 6.07) is 0. The van der Waals surface area contributed by atoms with Crippen LogP contribution in [0, 0.1) is 6.92 Å². The molecule has 0 fully saturated rings. The van der Waals surface area contributed by atoms with Crippen LogP contribution < -0.4 is 0 Å². The Balaban J connectivity index is 2.89. The van der Waals surface area contributed by atoms with Gasteiger partial charge in [-0.25, -0.2) is 9.97 Å². The van der Waals surface area contributed by atoms with Crippen molar-refractivity contribution >= 4 is 0 Å². The molecule has 1 aromatic rings. The molecular formula is C7H10N2O. The van der Waals surface area contributed by atoms with Crippen LogP contribution in [0.15, 0.2) is 12.4 Å². The molecule has 0 aliphatic rings. The van der Waals surface area contributed by atoms with E-state index in [9.17, 15) is 0 Å². The Morgan fingerprint density at radius 1 is 1.40 bits per heavy atom. The Morgan fingerprint density at radius 2 is 1.90 bits per heavy atom. The van der Waals surface area contributed by atoms with Crippen molar-refractivity contribution in [2.75, 3.05) is 0 Å². The first-order valence-electron chi connectivity index (χ1n) is 3.17. The number of aromatic nitrogens is 2. The zero-order chi connectivity index (χ0) is 7.56. The van der Waals surface area contributed by atoms with E-state index in [0.29, 0.717) is 5.82 Å². The maximum absolute atomic E-state index is 8.99. The molecule has 54 valence electrons. The molecule has 0 saturated carbocycles. The van der Waals surface area contributed by atoms with Gasteiger partial charge in [0.05, 0.1) is 0 Å². The van der Waals surface area contributed by atoms with Crippen LogP contribution in [0.5, 0.6) is 0 Å². The third-order valence-corrected chi connectivity index (χ3v) is 1.17. The summed E-state index contributed by atoms with van der Waals surface area (Å²) in [5, 5.41) is 8.99. The van der Waals surface area contributed by atoms with Crippen LogP contribution >= 0.6 is 0 Å². The molecule has 1 N–H and O–H groups in total. The topological polar surface area (TPSA) is 46.0 Å². The number of aliphatic hydroxyl groups is 1. The summed E-state index contributed by atoms with van der Waals surface area (Å²) in [4.78, 5) is 7.83. The highest BCUT2D eigenvalue weighted by Gasteiger charge is 2.00. The molecule has 0 aliphatic heterocycles. The smallest absolute Gasteiger partial charge is 0.156 e. The largest absolute Gasteiger partial charge is 0.385 e. The summed E-state index contributed by atoms with van der Waals surface area (Å²) < 4.78 is 0. The molecule has 1 aromatic heterocycles. The van der Waals surface area contributed by atoms with Gasteiger partial charge in [-0.1, -0.05) is 0 Å². The average Bonchev–Trinajstić information content (AvgIpc) is 1.88. The molecule has 1 heterocycles. The Morgan fingerprint density at radius 3 is 2.30 bits per heavy atom. The molecular weight excluding hydrogens is 128 g/mol. The predicted molar refractivity (Wildman–Crippen MR) is 37.4 cm³/mol. The minimum atomic E-state index is -0.569. The van der Waals surface area contributed by atoms with Crippen molar-refractivity contribution < 1.29 is 5.11 Å². The number of hydrogen-bond acceptors (Lipinski definition) is 3. The molecule has 0 amide bonds. The van der Waals surface area contributed by atoms with E-state index in [0.717, 1.165) is 5.56 Å². The minimum Gasteiger partial charge on any atom is -0.385 e. The van der Waals surface area contributed by atoms with E-state index >= 15 is 0 Å². The first-order valence-corrected chi connectivity index (χ1v) is 3.17. The molecule has 1 rings (SSSR count). The molecule has 0 unspecified atom stereocenters. The van der Waals surface area contributed by atoms with Gasteiger partial charge in [-0.05, 0) is 19.4 Å². The van der Waals surface area contributed by atoms with E-state index in [2.05, 4.69) is 9.97 Å². The highest BCUT2D eigenvalue weighted by atomic mass is 16.3. The molecule has 3 heteroatoms. The van der Waals surface area contributed by atoms with Crippen LogP contribution in [0.2, 0.25) is 0 Å². The Labute approximate surface area is 59.8 Å². The van der Waals surface area contributed by atoms with Crippen LogP contribution in [0.4, 0.5) is 0 Å². The highest BCUT2D eigenvalue weighted by molar-refractivity contribution is 5.02. The Kier molecular flexibility index (Phi) is 1.97. The fourth-order valence-electron chi connectivity index (χ4n) is 0.618. The Bertz CT molecular complexity index is 205. The van der Waals surface area contributed by atoms with E-state index in [1.807, 2.05) is 6.92 Å². The van der Waals surface area contributed by atoms with Crippen molar-refractivity contribution in [1.29, 1.82) is 0 Å². The molecule has 0 bridgehead atoms. The van der Waals surface area contributed by atoms with Gasteiger partial charge in [0.15, 0.2) is 5.82 Å². The summed E-state index contributed by atoms with van der Waals surface area (Å²) in [7, 11) is 0. The molecule has 0 aliphatic carbocycles. The molecule has 0 spiro atoms. The maximum atomic E-state index is 8.99. The van der Waals surface area contributed by atoms with Crippen LogP contribution in [-0.4, -0.2) is 15.1 Å². The van der Waals surface area contributed by atoms with Gasteiger partial charge in [0.25, 0.3) is 0 Å². The van der Waals surface area contributed by atoms with Crippen molar-refractivity contribution in [1.82, 2.24) is 9.97 Å². The molecule has 1 atom stereocenters. The fraction of sp³-hybridized carbons (Fsp3) is 0.429. The second-order valence-electron chi connectivity index (χ2n) is 2.29. The van der Waals surface area contributed by atoms with Crippen molar-refractivity contribution in [2.24, 2.45) is 0 Å². The zero-order valence-electron chi connectivity index (χ0n) is 6.07. The molecule has 0 aromatic carbocycles. The maximum Gasteiger partial charge on any atom is 0.156 e.